The van der Waals surface area contributed by atoms with E-state index in [4.69, 9.17) is 16.3 Å². The molecule has 1 amide bonds. The Bertz CT molecular complexity index is 833. The molecule has 0 aliphatic carbocycles. The average Bonchev–Trinajstić information content (AvgIpc) is 2.68. The van der Waals surface area contributed by atoms with E-state index in [0.717, 1.165) is 24.2 Å². The number of benzene rings is 2. The summed E-state index contributed by atoms with van der Waals surface area (Å²) in [6.45, 7) is 3.44. The predicted molar refractivity (Wildman–Crippen MR) is 105 cm³/mol. The quantitative estimate of drug-likeness (QED) is 0.729. The van der Waals surface area contributed by atoms with Crippen molar-refractivity contribution in [1.82, 2.24) is 9.80 Å². The molecule has 0 unspecified atom stereocenters. The molecule has 1 saturated heterocycles. The minimum atomic E-state index is -0.353. The van der Waals surface area contributed by atoms with Gasteiger partial charge in [-0.1, -0.05) is 35.9 Å². The minimum Gasteiger partial charge on any atom is -0.494 e. The fraction of sp³-hybridized carbons (Fsp3) is 0.286. The fourth-order valence-corrected chi connectivity index (χ4v) is 3.27. The molecule has 1 aliphatic rings. The van der Waals surface area contributed by atoms with Gasteiger partial charge in [0.15, 0.2) is 11.6 Å². The molecule has 1 heterocycles. The third-order valence-electron chi connectivity index (χ3n) is 4.62. The van der Waals surface area contributed by atoms with E-state index in [9.17, 15) is 9.18 Å². The Kier molecular flexibility index (Phi) is 6.48. The molecular weight excluding hydrogens is 367 g/mol. The molecule has 0 radical (unpaired) electrons. The van der Waals surface area contributed by atoms with Gasteiger partial charge in [0.05, 0.1) is 7.11 Å². The number of hydrogen-bond donors (Lipinski definition) is 0. The number of nitrogens with zero attached hydrogens (tertiary/aromatic N) is 2. The second-order valence-corrected chi connectivity index (χ2v) is 6.83. The number of ether oxygens (including phenoxy) is 1. The molecule has 142 valence electrons. The maximum absolute atomic E-state index is 13.8. The van der Waals surface area contributed by atoms with Gasteiger partial charge in [0.1, 0.15) is 0 Å². The Balaban J connectivity index is 1.52. The largest absolute Gasteiger partial charge is 0.494 e. The van der Waals surface area contributed by atoms with E-state index >= 15 is 0 Å². The van der Waals surface area contributed by atoms with E-state index in [2.05, 4.69) is 4.90 Å². The zero-order valence-corrected chi connectivity index (χ0v) is 16.0. The van der Waals surface area contributed by atoms with Crippen molar-refractivity contribution in [1.29, 1.82) is 0 Å². The molecule has 2 aromatic carbocycles. The second-order valence-electron chi connectivity index (χ2n) is 6.43. The van der Waals surface area contributed by atoms with Crippen molar-refractivity contribution in [2.75, 3.05) is 33.3 Å². The average molecular weight is 389 g/mol. The molecular formula is C21H22ClFN2O2. The van der Waals surface area contributed by atoms with Crippen LogP contribution in [0.3, 0.4) is 0 Å². The van der Waals surface area contributed by atoms with Crippen molar-refractivity contribution in [2.45, 2.75) is 6.54 Å². The molecule has 2 aromatic rings. The first-order valence-corrected chi connectivity index (χ1v) is 9.21. The first-order valence-electron chi connectivity index (χ1n) is 8.83. The van der Waals surface area contributed by atoms with Gasteiger partial charge in [0, 0.05) is 43.8 Å². The van der Waals surface area contributed by atoms with Crippen LogP contribution in [0.1, 0.15) is 11.1 Å². The molecule has 4 nitrogen and oxygen atoms in total. The van der Waals surface area contributed by atoms with Crippen LogP contribution in [-0.4, -0.2) is 49.0 Å². The summed E-state index contributed by atoms with van der Waals surface area (Å²) in [6, 6.07) is 12.4. The smallest absolute Gasteiger partial charge is 0.246 e. The number of carbonyl (C=O) groups is 1. The minimum absolute atomic E-state index is 0.0231. The van der Waals surface area contributed by atoms with Crippen molar-refractivity contribution in [2.24, 2.45) is 0 Å². The maximum atomic E-state index is 13.8. The summed E-state index contributed by atoms with van der Waals surface area (Å²) in [6.07, 6.45) is 3.31. The van der Waals surface area contributed by atoms with Crippen molar-refractivity contribution >= 4 is 23.6 Å². The molecule has 6 heteroatoms. The van der Waals surface area contributed by atoms with Crippen LogP contribution in [0.25, 0.3) is 6.08 Å². The fourth-order valence-electron chi connectivity index (χ4n) is 3.07. The summed E-state index contributed by atoms with van der Waals surface area (Å²) in [5.41, 5.74) is 1.72. The van der Waals surface area contributed by atoms with Gasteiger partial charge in [-0.25, -0.2) is 4.39 Å². The first kappa shape index (κ1) is 19.4. The molecule has 0 saturated carbocycles. The first-order chi connectivity index (χ1) is 13.1. The predicted octanol–water partition coefficient (Wildman–Crippen LogP) is 3.85. The van der Waals surface area contributed by atoms with Crippen LogP contribution < -0.4 is 4.74 Å². The van der Waals surface area contributed by atoms with Gasteiger partial charge in [0.2, 0.25) is 5.91 Å². The molecule has 3 rings (SSSR count). The Morgan fingerprint density at radius 3 is 2.59 bits per heavy atom. The monoisotopic (exact) mass is 388 g/mol. The van der Waals surface area contributed by atoms with E-state index in [0.29, 0.717) is 24.7 Å². The van der Waals surface area contributed by atoms with Gasteiger partial charge in [-0.05, 0) is 35.4 Å². The number of rotatable bonds is 5. The number of amides is 1. The van der Waals surface area contributed by atoms with E-state index in [-0.39, 0.29) is 17.5 Å². The zero-order chi connectivity index (χ0) is 19.2. The highest BCUT2D eigenvalue weighted by Gasteiger charge is 2.20. The number of hydrogen-bond acceptors (Lipinski definition) is 3. The van der Waals surface area contributed by atoms with Crippen LogP contribution in [0.15, 0.2) is 48.5 Å². The summed E-state index contributed by atoms with van der Waals surface area (Å²) >= 11 is 6.10. The summed E-state index contributed by atoms with van der Waals surface area (Å²) in [5, 5.41) is 0.623. The Morgan fingerprint density at radius 1 is 1.19 bits per heavy atom. The Labute approximate surface area is 163 Å². The summed E-state index contributed by atoms with van der Waals surface area (Å²) in [7, 11) is 1.45. The van der Waals surface area contributed by atoms with E-state index < -0.39 is 0 Å². The van der Waals surface area contributed by atoms with Crippen LogP contribution in [0, 0.1) is 5.82 Å². The normalized spacial score (nSPS) is 15.3. The lowest BCUT2D eigenvalue weighted by Gasteiger charge is -2.34. The second kappa shape index (κ2) is 9.02. The molecule has 1 fully saturated rings. The van der Waals surface area contributed by atoms with Crippen LogP contribution in [-0.2, 0) is 11.3 Å². The topological polar surface area (TPSA) is 32.8 Å². The SMILES string of the molecule is COc1ccc(CN2CCN(C(=O)/C=C/c3ccccc3Cl)CC2)cc1F. The van der Waals surface area contributed by atoms with Gasteiger partial charge < -0.3 is 9.64 Å². The van der Waals surface area contributed by atoms with Gasteiger partial charge in [-0.15, -0.1) is 0 Å². The van der Waals surface area contributed by atoms with Crippen molar-refractivity contribution < 1.29 is 13.9 Å². The van der Waals surface area contributed by atoms with Crippen molar-refractivity contribution in [3.05, 3.63) is 70.5 Å². The highest BCUT2D eigenvalue weighted by Crippen LogP contribution is 2.19. The summed E-state index contributed by atoms with van der Waals surface area (Å²) in [4.78, 5) is 16.4. The van der Waals surface area contributed by atoms with Crippen molar-refractivity contribution in [3.63, 3.8) is 0 Å². The summed E-state index contributed by atoms with van der Waals surface area (Å²) in [5.74, 6) is -0.127. The number of halogens is 2. The Hall–Kier alpha value is -2.37. The van der Waals surface area contributed by atoms with E-state index in [1.54, 1.807) is 24.3 Å². The van der Waals surface area contributed by atoms with Gasteiger partial charge in [0.25, 0.3) is 0 Å². The lowest BCUT2D eigenvalue weighted by atomic mass is 10.1. The van der Waals surface area contributed by atoms with Crippen LogP contribution in [0.2, 0.25) is 5.02 Å². The molecule has 0 N–H and O–H groups in total. The lowest BCUT2D eigenvalue weighted by molar-refractivity contribution is -0.127. The van der Waals surface area contributed by atoms with Crippen LogP contribution in [0.5, 0.6) is 5.75 Å². The molecule has 0 bridgehead atoms. The molecule has 0 atom stereocenters. The van der Waals surface area contributed by atoms with Crippen molar-refractivity contribution in [3.8, 4) is 5.75 Å². The Morgan fingerprint density at radius 2 is 1.93 bits per heavy atom. The lowest BCUT2D eigenvalue weighted by Crippen LogP contribution is -2.47. The maximum Gasteiger partial charge on any atom is 0.246 e. The number of methoxy groups -OCH3 is 1. The van der Waals surface area contributed by atoms with Crippen LogP contribution >= 0.6 is 11.6 Å². The van der Waals surface area contributed by atoms with E-state index in [1.165, 1.54) is 13.2 Å². The zero-order valence-electron chi connectivity index (χ0n) is 15.2. The third-order valence-corrected chi connectivity index (χ3v) is 4.96. The molecule has 27 heavy (non-hydrogen) atoms. The highest BCUT2D eigenvalue weighted by atomic mass is 35.5. The van der Waals surface area contributed by atoms with Gasteiger partial charge in [-0.2, -0.15) is 0 Å². The van der Waals surface area contributed by atoms with Gasteiger partial charge >= 0.3 is 0 Å². The third kappa shape index (κ3) is 5.08. The number of carbonyl (C=O) groups excluding carboxylic acids is 1. The standard InChI is InChI=1S/C21H22ClFN2O2/c1-27-20-8-6-16(14-19(20)23)15-24-10-12-25(13-11-24)21(26)9-7-17-4-2-3-5-18(17)22/h2-9,14H,10-13,15H2,1H3/b9-7+. The highest BCUT2D eigenvalue weighted by molar-refractivity contribution is 6.32. The molecule has 0 aromatic heterocycles. The molecule has 0 spiro atoms. The molecule has 1 aliphatic heterocycles. The van der Waals surface area contributed by atoms with E-state index in [1.807, 2.05) is 29.2 Å². The summed E-state index contributed by atoms with van der Waals surface area (Å²) < 4.78 is 18.8. The van der Waals surface area contributed by atoms with Crippen LogP contribution in [0.4, 0.5) is 4.39 Å². The van der Waals surface area contributed by atoms with Gasteiger partial charge in [-0.3, -0.25) is 9.69 Å². The number of piperazine rings is 1.